The Kier molecular flexibility index (Phi) is 4.51. The highest BCUT2D eigenvalue weighted by molar-refractivity contribution is 5.80. The zero-order valence-corrected chi connectivity index (χ0v) is 12.8. The Morgan fingerprint density at radius 3 is 2.14 bits per heavy atom. The zero-order chi connectivity index (χ0) is 14.8. The molecule has 0 aromatic carbocycles. The SMILES string of the molecule is O=C(O)C1CCC(C(=O)N2CCC[C@H]3CCCC[C@H]32)CC1. The molecule has 4 nitrogen and oxygen atoms in total. The van der Waals surface area contributed by atoms with E-state index in [0.29, 0.717) is 24.8 Å². The number of carbonyl (C=O) groups is 2. The first-order valence-corrected chi connectivity index (χ1v) is 8.70. The summed E-state index contributed by atoms with van der Waals surface area (Å²) in [6, 6.07) is 0.484. The van der Waals surface area contributed by atoms with E-state index in [1.54, 1.807) is 0 Å². The molecule has 3 fully saturated rings. The molecular weight excluding hydrogens is 266 g/mol. The molecule has 118 valence electrons. The summed E-state index contributed by atoms with van der Waals surface area (Å²) in [5.41, 5.74) is 0. The van der Waals surface area contributed by atoms with Gasteiger partial charge in [0.1, 0.15) is 0 Å². The van der Waals surface area contributed by atoms with Gasteiger partial charge in [-0.05, 0) is 57.3 Å². The third-order valence-electron chi connectivity index (χ3n) is 5.95. The van der Waals surface area contributed by atoms with Gasteiger partial charge in [0.25, 0.3) is 0 Å². The molecule has 2 atom stereocenters. The van der Waals surface area contributed by atoms with Crippen molar-refractivity contribution in [3.8, 4) is 0 Å². The zero-order valence-electron chi connectivity index (χ0n) is 12.8. The Morgan fingerprint density at radius 2 is 1.43 bits per heavy atom. The first-order valence-electron chi connectivity index (χ1n) is 8.70. The highest BCUT2D eigenvalue weighted by Crippen LogP contribution is 2.38. The lowest BCUT2D eigenvalue weighted by atomic mass is 9.76. The second kappa shape index (κ2) is 6.37. The fraction of sp³-hybridized carbons (Fsp3) is 0.882. The van der Waals surface area contributed by atoms with Gasteiger partial charge in [0.05, 0.1) is 5.92 Å². The Labute approximate surface area is 126 Å². The monoisotopic (exact) mass is 293 g/mol. The van der Waals surface area contributed by atoms with Crippen molar-refractivity contribution in [3.05, 3.63) is 0 Å². The Morgan fingerprint density at radius 1 is 0.810 bits per heavy atom. The molecule has 21 heavy (non-hydrogen) atoms. The molecule has 1 N–H and O–H groups in total. The van der Waals surface area contributed by atoms with Crippen LogP contribution in [0.15, 0.2) is 0 Å². The van der Waals surface area contributed by atoms with E-state index in [1.165, 1.54) is 32.1 Å². The summed E-state index contributed by atoms with van der Waals surface area (Å²) in [5, 5.41) is 9.07. The number of amides is 1. The number of carboxylic acid groups (broad SMARTS) is 1. The molecule has 0 unspecified atom stereocenters. The number of piperidine rings is 1. The lowest BCUT2D eigenvalue weighted by Crippen LogP contribution is -2.52. The lowest BCUT2D eigenvalue weighted by Gasteiger charge is -2.45. The molecule has 3 aliphatic rings. The number of nitrogens with zero attached hydrogens (tertiary/aromatic N) is 1. The molecule has 4 heteroatoms. The lowest BCUT2D eigenvalue weighted by molar-refractivity contribution is -0.148. The van der Waals surface area contributed by atoms with Gasteiger partial charge in [0.2, 0.25) is 5.91 Å². The van der Waals surface area contributed by atoms with Gasteiger partial charge < -0.3 is 10.0 Å². The van der Waals surface area contributed by atoms with Crippen LogP contribution in [0, 0.1) is 17.8 Å². The number of likely N-dealkylation sites (tertiary alicyclic amines) is 1. The van der Waals surface area contributed by atoms with Gasteiger partial charge >= 0.3 is 5.97 Å². The molecule has 1 saturated heterocycles. The number of hydrogen-bond donors (Lipinski definition) is 1. The van der Waals surface area contributed by atoms with Crippen LogP contribution < -0.4 is 0 Å². The third kappa shape index (κ3) is 3.09. The summed E-state index contributed by atoms with van der Waals surface area (Å²) in [7, 11) is 0. The van der Waals surface area contributed by atoms with Crippen molar-refractivity contribution in [3.63, 3.8) is 0 Å². The fourth-order valence-electron chi connectivity index (χ4n) is 4.72. The molecule has 0 aromatic rings. The first kappa shape index (κ1) is 14.9. The van der Waals surface area contributed by atoms with Crippen molar-refractivity contribution >= 4 is 11.9 Å². The van der Waals surface area contributed by atoms with Crippen LogP contribution in [0.25, 0.3) is 0 Å². The van der Waals surface area contributed by atoms with Crippen LogP contribution >= 0.6 is 0 Å². The summed E-state index contributed by atoms with van der Waals surface area (Å²) < 4.78 is 0. The smallest absolute Gasteiger partial charge is 0.306 e. The van der Waals surface area contributed by atoms with E-state index >= 15 is 0 Å². The van der Waals surface area contributed by atoms with Gasteiger partial charge in [0, 0.05) is 18.5 Å². The molecule has 2 saturated carbocycles. The second-order valence-electron chi connectivity index (χ2n) is 7.17. The summed E-state index contributed by atoms with van der Waals surface area (Å²) in [6.45, 7) is 0.929. The molecule has 0 bridgehead atoms. The minimum Gasteiger partial charge on any atom is -0.481 e. The van der Waals surface area contributed by atoms with E-state index in [1.807, 2.05) is 0 Å². The molecule has 3 rings (SSSR count). The minimum absolute atomic E-state index is 0.0845. The standard InChI is InChI=1S/C17H27NO3/c19-16(13-7-9-14(10-8-13)17(20)21)18-11-3-5-12-4-1-2-6-15(12)18/h12-15H,1-11H2,(H,20,21)/t12-,13?,14?,15-/m1/s1. The van der Waals surface area contributed by atoms with Crippen molar-refractivity contribution in [2.45, 2.75) is 70.3 Å². The third-order valence-corrected chi connectivity index (χ3v) is 5.95. The number of fused-ring (bicyclic) bond motifs is 1. The highest BCUT2D eigenvalue weighted by Gasteiger charge is 2.39. The molecule has 2 aliphatic carbocycles. The largest absolute Gasteiger partial charge is 0.481 e. The highest BCUT2D eigenvalue weighted by atomic mass is 16.4. The van der Waals surface area contributed by atoms with E-state index < -0.39 is 5.97 Å². The molecular formula is C17H27NO3. The second-order valence-corrected chi connectivity index (χ2v) is 7.17. The topological polar surface area (TPSA) is 57.6 Å². The molecule has 1 amide bonds. The summed E-state index contributed by atoms with van der Waals surface area (Å²) in [4.78, 5) is 26.1. The maximum absolute atomic E-state index is 12.9. The summed E-state index contributed by atoms with van der Waals surface area (Å²) in [6.07, 6.45) is 10.4. The Bertz CT molecular complexity index is 399. The molecule has 1 aliphatic heterocycles. The van der Waals surface area contributed by atoms with Crippen molar-refractivity contribution < 1.29 is 14.7 Å². The van der Waals surface area contributed by atoms with E-state index in [4.69, 9.17) is 5.11 Å². The maximum Gasteiger partial charge on any atom is 0.306 e. The average molecular weight is 293 g/mol. The minimum atomic E-state index is -0.689. The van der Waals surface area contributed by atoms with Gasteiger partial charge in [-0.3, -0.25) is 9.59 Å². The predicted molar refractivity (Wildman–Crippen MR) is 79.8 cm³/mol. The molecule has 0 radical (unpaired) electrons. The number of carboxylic acids is 1. The van der Waals surface area contributed by atoms with Crippen LogP contribution in [-0.4, -0.2) is 34.5 Å². The van der Waals surface area contributed by atoms with Crippen molar-refractivity contribution in [1.82, 2.24) is 4.90 Å². The summed E-state index contributed by atoms with van der Waals surface area (Å²) >= 11 is 0. The fourth-order valence-corrected chi connectivity index (χ4v) is 4.72. The van der Waals surface area contributed by atoms with Gasteiger partial charge in [-0.25, -0.2) is 0 Å². The van der Waals surface area contributed by atoms with Gasteiger partial charge in [-0.1, -0.05) is 12.8 Å². The average Bonchev–Trinajstić information content (AvgIpc) is 2.53. The molecule has 0 aromatic heterocycles. The number of hydrogen-bond acceptors (Lipinski definition) is 2. The van der Waals surface area contributed by atoms with Crippen LogP contribution in [0.4, 0.5) is 0 Å². The number of rotatable bonds is 2. The van der Waals surface area contributed by atoms with E-state index in [0.717, 1.165) is 31.7 Å². The molecule has 1 heterocycles. The number of aliphatic carboxylic acids is 1. The van der Waals surface area contributed by atoms with Crippen molar-refractivity contribution in [1.29, 1.82) is 0 Å². The Balaban J connectivity index is 1.61. The van der Waals surface area contributed by atoms with Gasteiger partial charge in [-0.15, -0.1) is 0 Å². The van der Waals surface area contributed by atoms with E-state index in [9.17, 15) is 9.59 Å². The van der Waals surface area contributed by atoms with E-state index in [-0.39, 0.29) is 11.8 Å². The number of carbonyl (C=O) groups excluding carboxylic acids is 1. The first-order chi connectivity index (χ1) is 10.2. The van der Waals surface area contributed by atoms with Gasteiger partial charge in [-0.2, -0.15) is 0 Å². The van der Waals surface area contributed by atoms with Crippen LogP contribution in [0.3, 0.4) is 0 Å². The quantitative estimate of drug-likeness (QED) is 0.851. The molecule has 0 spiro atoms. The predicted octanol–water partition coefficient (Wildman–Crippen LogP) is 3.06. The van der Waals surface area contributed by atoms with Crippen molar-refractivity contribution in [2.75, 3.05) is 6.54 Å². The van der Waals surface area contributed by atoms with Crippen LogP contribution in [0.1, 0.15) is 64.2 Å². The normalized spacial score (nSPS) is 36.9. The van der Waals surface area contributed by atoms with Crippen LogP contribution in [-0.2, 0) is 9.59 Å². The summed E-state index contributed by atoms with van der Waals surface area (Å²) in [5.74, 6) is 0.229. The van der Waals surface area contributed by atoms with Gasteiger partial charge in [0.15, 0.2) is 0 Å². The van der Waals surface area contributed by atoms with Crippen LogP contribution in [0.2, 0.25) is 0 Å². The Hall–Kier alpha value is -1.06. The van der Waals surface area contributed by atoms with Crippen molar-refractivity contribution in [2.24, 2.45) is 17.8 Å². The van der Waals surface area contributed by atoms with E-state index in [2.05, 4.69) is 4.90 Å². The maximum atomic E-state index is 12.9. The van der Waals surface area contributed by atoms with Crippen LogP contribution in [0.5, 0.6) is 0 Å².